The summed E-state index contributed by atoms with van der Waals surface area (Å²) in [6, 6.07) is 5.39. The van der Waals surface area contributed by atoms with Gasteiger partial charge in [0.15, 0.2) is 0 Å². The molecule has 1 unspecified atom stereocenters. The van der Waals surface area contributed by atoms with Crippen molar-refractivity contribution in [3.05, 3.63) is 35.7 Å². The summed E-state index contributed by atoms with van der Waals surface area (Å²) >= 11 is 0. The number of anilines is 1. The van der Waals surface area contributed by atoms with Gasteiger partial charge >= 0.3 is 6.03 Å². The summed E-state index contributed by atoms with van der Waals surface area (Å²) in [4.78, 5) is 16.5. The lowest BCUT2D eigenvalue weighted by Gasteiger charge is -2.16. The Labute approximate surface area is 148 Å². The van der Waals surface area contributed by atoms with Gasteiger partial charge in [-0.25, -0.2) is 9.78 Å². The molecule has 0 aliphatic heterocycles. The fourth-order valence-corrected chi connectivity index (χ4v) is 2.76. The Morgan fingerprint density at radius 2 is 2.12 bits per heavy atom. The number of hydrogen-bond acceptors (Lipinski definition) is 4. The molecule has 1 heterocycles. The first-order valence-electron chi connectivity index (χ1n) is 8.72. The smallest absolute Gasteiger partial charge is 0.319 e. The Hall–Kier alpha value is -2.34. The van der Waals surface area contributed by atoms with Gasteiger partial charge in [-0.3, -0.25) is 0 Å². The van der Waals surface area contributed by atoms with E-state index in [2.05, 4.69) is 22.5 Å². The quantitative estimate of drug-likeness (QED) is 0.677. The number of aliphatic hydroxyl groups excluding tert-OH is 1. The summed E-state index contributed by atoms with van der Waals surface area (Å²) < 4.78 is 5.46. The van der Waals surface area contributed by atoms with Gasteiger partial charge < -0.3 is 20.2 Å². The summed E-state index contributed by atoms with van der Waals surface area (Å²) in [5.74, 6) is 0.842. The average Bonchev–Trinajstić information content (AvgIpc) is 3.01. The molecule has 1 atom stereocenters. The number of oxazole rings is 1. The summed E-state index contributed by atoms with van der Waals surface area (Å²) in [6.07, 6.45) is 4.33. The minimum absolute atomic E-state index is 0.144. The lowest BCUT2D eigenvalue weighted by Crippen LogP contribution is -2.33. The van der Waals surface area contributed by atoms with Crippen LogP contribution in [-0.2, 0) is 0 Å². The Balaban J connectivity index is 1.99. The normalized spacial score (nSPS) is 12.0. The van der Waals surface area contributed by atoms with Crippen molar-refractivity contribution in [3.63, 3.8) is 0 Å². The maximum atomic E-state index is 12.1. The van der Waals surface area contributed by atoms with Crippen LogP contribution in [0.25, 0.3) is 11.5 Å². The van der Waals surface area contributed by atoms with Crippen molar-refractivity contribution in [1.29, 1.82) is 0 Å². The van der Waals surface area contributed by atoms with Crippen LogP contribution in [0.1, 0.15) is 37.4 Å². The molecule has 2 rings (SSSR count). The van der Waals surface area contributed by atoms with Crippen LogP contribution in [0.4, 0.5) is 10.5 Å². The van der Waals surface area contributed by atoms with Crippen LogP contribution in [0.15, 0.2) is 28.9 Å². The topological polar surface area (TPSA) is 87.4 Å². The summed E-state index contributed by atoms with van der Waals surface area (Å²) in [5, 5.41) is 14.8. The van der Waals surface area contributed by atoms with E-state index in [0.29, 0.717) is 30.5 Å². The third kappa shape index (κ3) is 5.60. The molecule has 2 aromatic rings. The molecular weight excluding hydrogens is 318 g/mol. The van der Waals surface area contributed by atoms with Gasteiger partial charge in [-0.1, -0.05) is 19.4 Å². The molecule has 0 aliphatic carbocycles. The maximum Gasteiger partial charge on any atom is 0.319 e. The van der Waals surface area contributed by atoms with Gasteiger partial charge in [0.1, 0.15) is 6.26 Å². The Morgan fingerprint density at radius 1 is 1.32 bits per heavy atom. The molecule has 6 heteroatoms. The highest BCUT2D eigenvalue weighted by Gasteiger charge is 2.12. The van der Waals surface area contributed by atoms with Gasteiger partial charge in [0.2, 0.25) is 5.89 Å². The van der Waals surface area contributed by atoms with Gasteiger partial charge in [-0.05, 0) is 50.3 Å². The van der Waals surface area contributed by atoms with E-state index in [0.717, 1.165) is 29.7 Å². The number of nitrogens with one attached hydrogen (secondary N) is 2. The first-order valence-corrected chi connectivity index (χ1v) is 8.72. The first kappa shape index (κ1) is 19.0. The number of aliphatic hydroxyl groups is 1. The van der Waals surface area contributed by atoms with Crippen molar-refractivity contribution in [3.8, 4) is 11.5 Å². The van der Waals surface area contributed by atoms with Crippen LogP contribution in [0.2, 0.25) is 0 Å². The molecule has 0 spiro atoms. The Kier molecular flexibility index (Phi) is 7.01. The second-order valence-electron chi connectivity index (χ2n) is 6.33. The lowest BCUT2D eigenvalue weighted by atomic mass is 10.0. The van der Waals surface area contributed by atoms with E-state index in [9.17, 15) is 4.79 Å². The van der Waals surface area contributed by atoms with Crippen LogP contribution in [-0.4, -0.2) is 29.3 Å². The molecule has 3 N–H and O–H groups in total. The zero-order valence-corrected chi connectivity index (χ0v) is 15.1. The number of rotatable bonds is 8. The van der Waals surface area contributed by atoms with E-state index in [1.807, 2.05) is 32.0 Å². The van der Waals surface area contributed by atoms with Gasteiger partial charge in [0.25, 0.3) is 0 Å². The second-order valence-corrected chi connectivity index (χ2v) is 6.33. The second kappa shape index (κ2) is 9.22. The lowest BCUT2D eigenvalue weighted by molar-refractivity contribution is 0.237. The number of amides is 2. The molecule has 0 bridgehead atoms. The van der Waals surface area contributed by atoms with Crippen LogP contribution >= 0.6 is 0 Å². The van der Waals surface area contributed by atoms with Crippen molar-refractivity contribution < 1.29 is 14.3 Å². The van der Waals surface area contributed by atoms with Crippen molar-refractivity contribution >= 4 is 11.7 Å². The number of aryl methyl sites for hydroxylation is 2. The largest absolute Gasteiger partial charge is 0.444 e. The highest BCUT2D eigenvalue weighted by molar-refractivity contribution is 5.90. The summed E-state index contributed by atoms with van der Waals surface area (Å²) in [7, 11) is 0. The number of benzene rings is 1. The third-order valence-electron chi connectivity index (χ3n) is 4.13. The van der Waals surface area contributed by atoms with Crippen molar-refractivity contribution in [2.45, 2.75) is 40.0 Å². The summed E-state index contributed by atoms with van der Waals surface area (Å²) in [6.45, 7) is 6.64. The van der Waals surface area contributed by atoms with Crippen molar-refractivity contribution in [2.75, 3.05) is 18.5 Å². The van der Waals surface area contributed by atoms with E-state index < -0.39 is 0 Å². The zero-order chi connectivity index (χ0) is 18.2. The van der Waals surface area contributed by atoms with E-state index in [1.54, 1.807) is 6.26 Å². The standard InChI is InChI=1S/C19H27N3O3/c1-4-5-15(8-9-23)11-20-19(24)22-16-7-6-13(2)17(10-16)18-21-14(3)12-25-18/h6-7,10,12,15,23H,4-5,8-9,11H2,1-3H3,(H2,20,22,24). The summed E-state index contributed by atoms with van der Waals surface area (Å²) in [5.41, 5.74) is 3.38. The van der Waals surface area contributed by atoms with E-state index in [-0.39, 0.29) is 12.6 Å². The van der Waals surface area contributed by atoms with Crippen LogP contribution < -0.4 is 10.6 Å². The molecule has 2 amide bonds. The van der Waals surface area contributed by atoms with Gasteiger partial charge in [0, 0.05) is 24.4 Å². The maximum absolute atomic E-state index is 12.1. The SMILES string of the molecule is CCCC(CCO)CNC(=O)Nc1ccc(C)c(-c2nc(C)co2)c1. The number of aromatic nitrogens is 1. The number of carbonyl (C=O) groups excluding carboxylic acids is 1. The minimum atomic E-state index is -0.252. The number of hydrogen-bond donors (Lipinski definition) is 3. The Bertz CT molecular complexity index is 691. The highest BCUT2D eigenvalue weighted by atomic mass is 16.3. The number of carbonyl (C=O) groups is 1. The average molecular weight is 345 g/mol. The Morgan fingerprint density at radius 3 is 2.76 bits per heavy atom. The van der Waals surface area contributed by atoms with Crippen LogP contribution in [0.3, 0.4) is 0 Å². The molecule has 0 aliphatic rings. The zero-order valence-electron chi connectivity index (χ0n) is 15.1. The third-order valence-corrected chi connectivity index (χ3v) is 4.13. The molecule has 136 valence electrons. The van der Waals surface area contributed by atoms with E-state index in [1.165, 1.54) is 0 Å². The molecule has 0 radical (unpaired) electrons. The predicted octanol–water partition coefficient (Wildman–Crippen LogP) is 3.88. The first-order chi connectivity index (χ1) is 12.0. The molecule has 6 nitrogen and oxygen atoms in total. The fraction of sp³-hybridized carbons (Fsp3) is 0.474. The molecule has 25 heavy (non-hydrogen) atoms. The molecule has 0 saturated heterocycles. The van der Waals surface area contributed by atoms with Gasteiger partial charge in [-0.2, -0.15) is 0 Å². The monoisotopic (exact) mass is 345 g/mol. The minimum Gasteiger partial charge on any atom is -0.444 e. The molecule has 0 fully saturated rings. The molecule has 1 aromatic heterocycles. The number of nitrogens with zero attached hydrogens (tertiary/aromatic N) is 1. The molecule has 0 saturated carbocycles. The van der Waals surface area contributed by atoms with Crippen molar-refractivity contribution in [2.24, 2.45) is 5.92 Å². The fourth-order valence-electron chi connectivity index (χ4n) is 2.76. The van der Waals surface area contributed by atoms with Crippen molar-refractivity contribution in [1.82, 2.24) is 10.3 Å². The van der Waals surface area contributed by atoms with Gasteiger partial charge in [0.05, 0.1) is 5.69 Å². The predicted molar refractivity (Wildman–Crippen MR) is 98.5 cm³/mol. The number of urea groups is 1. The van der Waals surface area contributed by atoms with Crippen LogP contribution in [0, 0.1) is 19.8 Å². The highest BCUT2D eigenvalue weighted by Crippen LogP contribution is 2.26. The van der Waals surface area contributed by atoms with Gasteiger partial charge in [-0.15, -0.1) is 0 Å². The van der Waals surface area contributed by atoms with E-state index >= 15 is 0 Å². The van der Waals surface area contributed by atoms with E-state index in [4.69, 9.17) is 9.52 Å². The molecular formula is C19H27N3O3. The van der Waals surface area contributed by atoms with Crippen LogP contribution in [0.5, 0.6) is 0 Å². The molecule has 1 aromatic carbocycles.